The maximum Gasteiger partial charge on any atom is 0.485 e. The quantitative estimate of drug-likeness (QED) is 0.446. The van der Waals surface area contributed by atoms with Gasteiger partial charge in [0.1, 0.15) is 11.6 Å². The third kappa shape index (κ3) is 6.07. The summed E-state index contributed by atoms with van der Waals surface area (Å²) >= 11 is 0. The number of hydrogen-bond acceptors (Lipinski definition) is 4. The zero-order valence-corrected chi connectivity index (χ0v) is 9.18. The molecule has 0 bridgehead atoms. The van der Waals surface area contributed by atoms with Crippen molar-refractivity contribution in [1.29, 1.82) is 0 Å². The second-order valence-corrected chi connectivity index (χ2v) is 3.93. The van der Waals surface area contributed by atoms with E-state index in [4.69, 9.17) is 17.7 Å². The van der Waals surface area contributed by atoms with Gasteiger partial charge in [-0.1, -0.05) is 6.07 Å². The molecule has 0 aliphatic rings. The Hall–Kier alpha value is -1.35. The minimum absolute atomic E-state index is 0.269. The zero-order chi connectivity index (χ0) is 13.7. The lowest BCUT2D eigenvalue weighted by Gasteiger charge is -2.08. The lowest BCUT2D eigenvalue weighted by Crippen LogP contribution is -2.21. The third-order valence-electron chi connectivity index (χ3n) is 1.32. The molecule has 0 atom stereocenters. The van der Waals surface area contributed by atoms with Gasteiger partial charge in [-0.05, 0) is 12.1 Å². The molecule has 98 valence electrons. The first-order valence-electron chi connectivity index (χ1n) is 3.89. The van der Waals surface area contributed by atoms with Gasteiger partial charge in [0.05, 0.1) is 7.11 Å². The minimum Gasteiger partial charge on any atom is -0.741 e. The van der Waals surface area contributed by atoms with E-state index in [0.29, 0.717) is 5.75 Å². The van der Waals surface area contributed by atoms with Crippen molar-refractivity contribution in [3.8, 4) is 5.75 Å². The predicted molar refractivity (Wildman–Crippen MR) is 48.7 cm³/mol. The summed E-state index contributed by atoms with van der Waals surface area (Å²) in [6.45, 7) is 0. The van der Waals surface area contributed by atoms with Crippen LogP contribution in [0.5, 0.6) is 5.75 Å². The SMILES string of the molecule is COc1cccc(F)c1.O=S(=O)([O-])C(F)(F)F. The van der Waals surface area contributed by atoms with E-state index in [0.717, 1.165) is 0 Å². The van der Waals surface area contributed by atoms with Gasteiger partial charge in [-0.2, -0.15) is 13.2 Å². The van der Waals surface area contributed by atoms with Crippen LogP contribution in [0.4, 0.5) is 17.6 Å². The Bertz CT molecular complexity index is 455. The number of halogens is 4. The maximum atomic E-state index is 12.3. The summed E-state index contributed by atoms with van der Waals surface area (Å²) in [5.41, 5.74) is -5.65. The molecule has 4 nitrogen and oxygen atoms in total. The molecule has 0 spiro atoms. The second kappa shape index (κ2) is 5.82. The first-order valence-corrected chi connectivity index (χ1v) is 5.30. The molecule has 0 aliphatic carbocycles. The van der Waals surface area contributed by atoms with Gasteiger partial charge in [-0.15, -0.1) is 0 Å². The van der Waals surface area contributed by atoms with Gasteiger partial charge in [0.2, 0.25) is 0 Å². The van der Waals surface area contributed by atoms with Gasteiger partial charge in [0, 0.05) is 6.07 Å². The summed E-state index contributed by atoms with van der Waals surface area (Å²) in [6, 6.07) is 6.01. The van der Waals surface area contributed by atoms with Crippen LogP contribution in [0.15, 0.2) is 24.3 Å². The van der Waals surface area contributed by atoms with Gasteiger partial charge in [-0.25, -0.2) is 12.8 Å². The van der Waals surface area contributed by atoms with Gasteiger partial charge in [0.15, 0.2) is 10.1 Å². The molecule has 0 unspecified atom stereocenters. The Morgan fingerprint density at radius 3 is 2.00 bits per heavy atom. The number of methoxy groups -OCH3 is 1. The summed E-state index contributed by atoms with van der Waals surface area (Å²) in [5, 5.41) is 0. The molecule has 1 aromatic carbocycles. The topological polar surface area (TPSA) is 66.4 Å². The van der Waals surface area contributed by atoms with E-state index in [-0.39, 0.29) is 5.82 Å². The molecule has 0 N–H and O–H groups in total. The van der Waals surface area contributed by atoms with E-state index in [2.05, 4.69) is 0 Å². The molecule has 0 aliphatic heterocycles. The highest BCUT2D eigenvalue weighted by Crippen LogP contribution is 2.20. The van der Waals surface area contributed by atoms with Crippen molar-refractivity contribution >= 4 is 10.1 Å². The van der Waals surface area contributed by atoms with Crippen LogP contribution in [0.1, 0.15) is 0 Å². The molecule has 0 amide bonds. The summed E-state index contributed by atoms with van der Waals surface area (Å²) < 4.78 is 75.9. The third-order valence-corrected chi connectivity index (χ3v) is 1.88. The highest BCUT2D eigenvalue weighted by atomic mass is 32.2. The lowest BCUT2D eigenvalue weighted by molar-refractivity contribution is -0.0517. The number of alkyl halides is 3. The first-order chi connectivity index (χ1) is 7.58. The monoisotopic (exact) mass is 275 g/mol. The predicted octanol–water partition coefficient (Wildman–Crippen LogP) is 1.89. The van der Waals surface area contributed by atoms with E-state index in [9.17, 15) is 17.6 Å². The van der Waals surface area contributed by atoms with E-state index in [1.165, 1.54) is 19.2 Å². The van der Waals surface area contributed by atoms with Crippen molar-refractivity contribution in [3.63, 3.8) is 0 Å². The first kappa shape index (κ1) is 15.6. The Labute approximate surface area is 94.6 Å². The molecular weight excluding hydrogens is 268 g/mol. The normalized spacial score (nSPS) is 11.4. The molecule has 1 rings (SSSR count). The van der Waals surface area contributed by atoms with Crippen LogP contribution in [0.25, 0.3) is 0 Å². The molecule has 1 aromatic rings. The Morgan fingerprint density at radius 2 is 1.76 bits per heavy atom. The summed E-state index contributed by atoms with van der Waals surface area (Å²) in [5.74, 6) is 0.282. The van der Waals surface area contributed by atoms with Crippen LogP contribution in [-0.4, -0.2) is 25.6 Å². The van der Waals surface area contributed by atoms with Crippen molar-refractivity contribution in [1.82, 2.24) is 0 Å². The fourth-order valence-electron chi connectivity index (χ4n) is 0.594. The van der Waals surface area contributed by atoms with Gasteiger partial charge >= 0.3 is 5.51 Å². The number of benzene rings is 1. The van der Waals surface area contributed by atoms with Crippen molar-refractivity contribution in [3.05, 3.63) is 30.1 Å². The van der Waals surface area contributed by atoms with Gasteiger partial charge in [-0.3, -0.25) is 0 Å². The highest BCUT2D eigenvalue weighted by molar-refractivity contribution is 7.86. The zero-order valence-electron chi connectivity index (χ0n) is 8.36. The summed E-state index contributed by atoms with van der Waals surface area (Å²) in [7, 11) is -4.58. The van der Waals surface area contributed by atoms with Crippen molar-refractivity contribution < 1.29 is 35.3 Å². The number of hydrogen-bond donors (Lipinski definition) is 0. The molecular formula is C8H7F4O4S-. The highest BCUT2D eigenvalue weighted by Gasteiger charge is 2.36. The Balaban J connectivity index is 0.000000304. The molecule has 0 aromatic heterocycles. The Morgan fingerprint density at radius 1 is 1.29 bits per heavy atom. The maximum absolute atomic E-state index is 12.3. The fourth-order valence-corrected chi connectivity index (χ4v) is 0.594. The van der Waals surface area contributed by atoms with Crippen LogP contribution in [-0.2, 0) is 10.1 Å². The van der Waals surface area contributed by atoms with Gasteiger partial charge < -0.3 is 9.29 Å². The van der Waals surface area contributed by atoms with Crippen LogP contribution in [0, 0.1) is 5.82 Å². The van der Waals surface area contributed by atoms with Crippen LogP contribution in [0.2, 0.25) is 0 Å². The molecule has 9 heteroatoms. The van der Waals surface area contributed by atoms with Crippen molar-refractivity contribution in [2.24, 2.45) is 0 Å². The fraction of sp³-hybridized carbons (Fsp3) is 0.250. The second-order valence-electron chi connectivity index (χ2n) is 2.56. The van der Waals surface area contributed by atoms with Crippen LogP contribution in [0.3, 0.4) is 0 Å². The van der Waals surface area contributed by atoms with E-state index >= 15 is 0 Å². The lowest BCUT2D eigenvalue weighted by atomic mass is 10.3. The van der Waals surface area contributed by atoms with Crippen molar-refractivity contribution in [2.75, 3.05) is 7.11 Å². The molecule has 0 heterocycles. The van der Waals surface area contributed by atoms with E-state index in [1.807, 2.05) is 0 Å². The summed E-state index contributed by atoms with van der Waals surface area (Å²) in [6.07, 6.45) is 0. The largest absolute Gasteiger partial charge is 0.741 e. The van der Waals surface area contributed by atoms with Crippen molar-refractivity contribution in [2.45, 2.75) is 5.51 Å². The average Bonchev–Trinajstić information content (AvgIpc) is 2.15. The summed E-state index contributed by atoms with van der Waals surface area (Å²) in [4.78, 5) is 0. The number of rotatable bonds is 1. The average molecular weight is 275 g/mol. The molecule has 0 fully saturated rings. The van der Waals surface area contributed by atoms with E-state index in [1.54, 1.807) is 12.1 Å². The smallest absolute Gasteiger partial charge is 0.485 e. The molecule has 0 radical (unpaired) electrons. The molecule has 0 saturated heterocycles. The molecule has 17 heavy (non-hydrogen) atoms. The Kier molecular flexibility index (Phi) is 5.36. The van der Waals surface area contributed by atoms with Crippen LogP contribution >= 0.6 is 0 Å². The molecule has 0 saturated carbocycles. The van der Waals surface area contributed by atoms with Gasteiger partial charge in [0.25, 0.3) is 0 Å². The minimum atomic E-state index is -6.09. The van der Waals surface area contributed by atoms with E-state index < -0.39 is 15.6 Å². The number of ether oxygens (including phenoxy) is 1. The van der Waals surface area contributed by atoms with Crippen LogP contribution < -0.4 is 4.74 Å². The standard InChI is InChI=1S/C7H7FO.CHF3O3S/c1-9-7-4-2-3-6(8)5-7;2-1(3,4)8(5,6)7/h2-5H,1H3;(H,5,6,7)/p-1.